The van der Waals surface area contributed by atoms with Crippen molar-refractivity contribution in [2.45, 2.75) is 0 Å². The van der Waals surface area contributed by atoms with Crippen LogP contribution in [0.3, 0.4) is 0 Å². The first-order valence-corrected chi connectivity index (χ1v) is 6.80. The first-order valence-electron chi connectivity index (χ1n) is 5.64. The van der Waals surface area contributed by atoms with Gasteiger partial charge in [-0.1, -0.05) is 53.6 Å². The van der Waals surface area contributed by atoms with Crippen LogP contribution < -0.4 is 11.1 Å². The van der Waals surface area contributed by atoms with Gasteiger partial charge in [0.15, 0.2) is 0 Å². The Morgan fingerprint density at radius 1 is 1.10 bits per heavy atom. The molecule has 0 radical (unpaired) electrons. The molecule has 0 spiro atoms. The number of nitrogens with one attached hydrogen (secondary N) is 1. The largest absolute Gasteiger partial charge is 0.389 e. The lowest BCUT2D eigenvalue weighted by molar-refractivity contribution is 0.102. The third kappa shape index (κ3) is 3.28. The first-order chi connectivity index (χ1) is 9.49. The Labute approximate surface area is 131 Å². The molecule has 2 rings (SSSR count). The molecule has 0 saturated carbocycles. The molecule has 0 aliphatic rings. The topological polar surface area (TPSA) is 55.1 Å². The van der Waals surface area contributed by atoms with Gasteiger partial charge in [0.05, 0.1) is 15.6 Å². The van der Waals surface area contributed by atoms with Gasteiger partial charge in [0.1, 0.15) is 4.99 Å². The van der Waals surface area contributed by atoms with E-state index in [0.29, 0.717) is 21.3 Å². The lowest BCUT2D eigenvalue weighted by atomic mass is 10.1. The highest BCUT2D eigenvalue weighted by molar-refractivity contribution is 7.80. The van der Waals surface area contributed by atoms with Crippen molar-refractivity contribution in [3.63, 3.8) is 0 Å². The first kappa shape index (κ1) is 14.8. The van der Waals surface area contributed by atoms with E-state index in [9.17, 15) is 4.79 Å². The summed E-state index contributed by atoms with van der Waals surface area (Å²) in [6, 6.07) is 11.8. The van der Waals surface area contributed by atoms with E-state index in [1.165, 1.54) is 0 Å². The fourth-order valence-corrected chi connectivity index (χ4v) is 2.35. The smallest absolute Gasteiger partial charge is 0.258 e. The summed E-state index contributed by atoms with van der Waals surface area (Å²) in [5.74, 6) is -0.388. The van der Waals surface area contributed by atoms with Crippen molar-refractivity contribution in [1.82, 2.24) is 0 Å². The highest BCUT2D eigenvalue weighted by Crippen LogP contribution is 2.25. The second-order valence-electron chi connectivity index (χ2n) is 4.00. The van der Waals surface area contributed by atoms with Crippen LogP contribution in [0, 0.1) is 0 Å². The number of anilines is 1. The molecule has 0 unspecified atom stereocenters. The molecular formula is C14H10Cl2N2OS. The molecule has 3 nitrogen and oxygen atoms in total. The highest BCUT2D eigenvalue weighted by atomic mass is 35.5. The summed E-state index contributed by atoms with van der Waals surface area (Å²) in [6.07, 6.45) is 0. The molecule has 0 aliphatic heterocycles. The second-order valence-corrected chi connectivity index (χ2v) is 5.25. The van der Waals surface area contributed by atoms with E-state index >= 15 is 0 Å². The number of rotatable bonds is 3. The summed E-state index contributed by atoms with van der Waals surface area (Å²) in [4.78, 5) is 12.5. The minimum Gasteiger partial charge on any atom is -0.389 e. The molecule has 0 bridgehead atoms. The Morgan fingerprint density at radius 2 is 1.70 bits per heavy atom. The molecule has 0 fully saturated rings. The van der Waals surface area contributed by atoms with Crippen molar-refractivity contribution < 1.29 is 4.79 Å². The molecule has 2 aromatic rings. The van der Waals surface area contributed by atoms with E-state index in [-0.39, 0.29) is 16.5 Å². The van der Waals surface area contributed by atoms with Crippen molar-refractivity contribution in [3.8, 4) is 0 Å². The average Bonchev–Trinajstić information content (AvgIpc) is 2.38. The van der Waals surface area contributed by atoms with Gasteiger partial charge in [0, 0.05) is 11.3 Å². The highest BCUT2D eigenvalue weighted by Gasteiger charge is 2.14. The van der Waals surface area contributed by atoms with Crippen LogP contribution >= 0.6 is 35.4 Å². The Kier molecular flexibility index (Phi) is 4.60. The van der Waals surface area contributed by atoms with Crippen LogP contribution in [0.15, 0.2) is 42.5 Å². The number of hydrogen-bond acceptors (Lipinski definition) is 2. The van der Waals surface area contributed by atoms with Gasteiger partial charge in [-0.2, -0.15) is 0 Å². The van der Waals surface area contributed by atoms with Gasteiger partial charge in [-0.15, -0.1) is 0 Å². The van der Waals surface area contributed by atoms with Gasteiger partial charge in [0.25, 0.3) is 5.91 Å². The number of nitrogens with two attached hydrogens (primary N) is 1. The Hall–Kier alpha value is -1.62. The third-order valence-corrected chi connectivity index (χ3v) is 3.46. The van der Waals surface area contributed by atoms with Crippen molar-refractivity contribution >= 4 is 52.0 Å². The molecule has 3 N–H and O–H groups in total. The quantitative estimate of drug-likeness (QED) is 0.842. The summed E-state index contributed by atoms with van der Waals surface area (Å²) >= 11 is 16.9. The summed E-state index contributed by atoms with van der Waals surface area (Å²) in [7, 11) is 0. The minimum atomic E-state index is -0.388. The molecule has 0 aliphatic carbocycles. The van der Waals surface area contributed by atoms with Gasteiger partial charge >= 0.3 is 0 Å². The molecule has 6 heteroatoms. The standard InChI is InChI=1S/C14H10Cl2N2OS/c15-10-5-2-6-11(16)12(10)14(19)18-9-4-1-3-8(7-9)13(17)20/h1-7H,(H2,17,20)(H,18,19). The zero-order valence-electron chi connectivity index (χ0n) is 10.2. The molecule has 0 aromatic heterocycles. The lowest BCUT2D eigenvalue weighted by Gasteiger charge is -2.09. The van der Waals surface area contributed by atoms with Crippen LogP contribution in [-0.2, 0) is 0 Å². The van der Waals surface area contributed by atoms with Crippen LogP contribution in [0.4, 0.5) is 5.69 Å². The summed E-state index contributed by atoms with van der Waals surface area (Å²) in [6.45, 7) is 0. The van der Waals surface area contributed by atoms with Gasteiger partial charge in [0.2, 0.25) is 0 Å². The molecule has 2 aromatic carbocycles. The minimum absolute atomic E-state index is 0.233. The SMILES string of the molecule is NC(=S)c1cccc(NC(=O)c2c(Cl)cccc2Cl)c1. The molecule has 102 valence electrons. The predicted octanol–water partition coefficient (Wildman–Crippen LogP) is 3.88. The van der Waals surface area contributed by atoms with E-state index < -0.39 is 0 Å². The molecule has 0 saturated heterocycles. The number of carbonyl (C=O) groups is 1. The maximum atomic E-state index is 12.2. The zero-order chi connectivity index (χ0) is 14.7. The maximum Gasteiger partial charge on any atom is 0.258 e. The number of halogens is 2. The molecule has 20 heavy (non-hydrogen) atoms. The summed E-state index contributed by atoms with van der Waals surface area (Å²) in [5.41, 5.74) is 7.02. The van der Waals surface area contributed by atoms with Crippen molar-refractivity contribution in [2.75, 3.05) is 5.32 Å². The van der Waals surface area contributed by atoms with Crippen molar-refractivity contribution in [2.24, 2.45) is 5.73 Å². The van der Waals surface area contributed by atoms with Crippen LogP contribution in [0.25, 0.3) is 0 Å². The van der Waals surface area contributed by atoms with Crippen molar-refractivity contribution in [3.05, 3.63) is 63.6 Å². The maximum absolute atomic E-state index is 12.2. The predicted molar refractivity (Wildman–Crippen MR) is 86.7 cm³/mol. The van der Waals surface area contributed by atoms with Gasteiger partial charge in [-0.25, -0.2) is 0 Å². The Morgan fingerprint density at radius 3 is 2.30 bits per heavy atom. The van der Waals surface area contributed by atoms with E-state index in [0.717, 1.165) is 0 Å². The van der Waals surface area contributed by atoms with E-state index in [2.05, 4.69) is 5.32 Å². The Balaban J connectivity index is 2.28. The van der Waals surface area contributed by atoms with Gasteiger partial charge < -0.3 is 11.1 Å². The van der Waals surface area contributed by atoms with E-state index in [1.54, 1.807) is 42.5 Å². The molecule has 0 heterocycles. The van der Waals surface area contributed by atoms with Crippen LogP contribution in [-0.4, -0.2) is 10.9 Å². The fourth-order valence-electron chi connectivity index (χ4n) is 1.66. The second kappa shape index (κ2) is 6.22. The van der Waals surface area contributed by atoms with Crippen LogP contribution in [0.2, 0.25) is 10.0 Å². The molecule has 1 amide bonds. The van der Waals surface area contributed by atoms with Crippen molar-refractivity contribution in [1.29, 1.82) is 0 Å². The molecular weight excluding hydrogens is 315 g/mol. The number of amides is 1. The monoisotopic (exact) mass is 324 g/mol. The number of carbonyl (C=O) groups excluding carboxylic acids is 1. The van der Waals surface area contributed by atoms with Crippen LogP contribution in [0.5, 0.6) is 0 Å². The zero-order valence-corrected chi connectivity index (χ0v) is 12.5. The summed E-state index contributed by atoms with van der Waals surface area (Å²) < 4.78 is 0. The molecule has 0 atom stereocenters. The number of hydrogen-bond donors (Lipinski definition) is 2. The number of thiocarbonyl (C=S) groups is 1. The summed E-state index contributed by atoms with van der Waals surface area (Å²) in [5, 5.41) is 3.30. The van der Waals surface area contributed by atoms with E-state index in [4.69, 9.17) is 41.2 Å². The lowest BCUT2D eigenvalue weighted by Crippen LogP contribution is -2.14. The van der Waals surface area contributed by atoms with Crippen LogP contribution in [0.1, 0.15) is 15.9 Å². The van der Waals surface area contributed by atoms with Gasteiger partial charge in [-0.3, -0.25) is 4.79 Å². The normalized spacial score (nSPS) is 10.1. The Bertz CT molecular complexity index is 668. The van der Waals surface area contributed by atoms with Gasteiger partial charge in [-0.05, 0) is 24.3 Å². The average molecular weight is 325 g/mol. The third-order valence-electron chi connectivity index (χ3n) is 2.59. The fraction of sp³-hybridized carbons (Fsp3) is 0. The number of benzene rings is 2. The van der Waals surface area contributed by atoms with E-state index in [1.807, 2.05) is 0 Å².